The fourth-order valence-electron chi connectivity index (χ4n) is 1.66. The summed E-state index contributed by atoms with van der Waals surface area (Å²) in [6.07, 6.45) is 3.01. The summed E-state index contributed by atoms with van der Waals surface area (Å²) in [6.45, 7) is 7.67. The molecular weight excluding hydrogens is 258 g/mol. The summed E-state index contributed by atoms with van der Waals surface area (Å²) in [7, 11) is 2.04. The molecule has 0 aliphatic heterocycles. The zero-order valence-corrected chi connectivity index (χ0v) is 13.1. The monoisotopic (exact) mass is 287 g/mol. The second kappa shape index (κ2) is 10.5. The molecule has 20 heavy (non-hydrogen) atoms. The topological polar surface area (TPSA) is 81.7 Å². The number of aliphatic carboxylic acids is 1. The largest absolute Gasteiger partial charge is 0.480 e. The van der Waals surface area contributed by atoms with Gasteiger partial charge in [0.05, 0.1) is 0 Å². The zero-order valence-electron chi connectivity index (χ0n) is 13.1. The highest BCUT2D eigenvalue weighted by molar-refractivity contribution is 5.82. The first-order valence-electron chi connectivity index (χ1n) is 7.35. The molecule has 0 aromatic heterocycles. The molecule has 0 aliphatic rings. The van der Waals surface area contributed by atoms with Gasteiger partial charge in [0.1, 0.15) is 6.04 Å². The Balaban J connectivity index is 3.88. The molecule has 3 N–H and O–H groups in total. The van der Waals surface area contributed by atoms with E-state index in [-0.39, 0.29) is 0 Å². The van der Waals surface area contributed by atoms with Gasteiger partial charge in [-0.3, -0.25) is 0 Å². The van der Waals surface area contributed by atoms with E-state index >= 15 is 0 Å². The lowest BCUT2D eigenvalue weighted by Gasteiger charge is -2.21. The minimum Gasteiger partial charge on any atom is -0.480 e. The number of hydrogen-bond acceptors (Lipinski definition) is 3. The molecule has 0 radical (unpaired) electrons. The molecule has 2 amide bonds. The van der Waals surface area contributed by atoms with Gasteiger partial charge >= 0.3 is 12.0 Å². The van der Waals surface area contributed by atoms with Gasteiger partial charge < -0.3 is 20.6 Å². The number of nitrogens with one attached hydrogen (secondary N) is 2. The average molecular weight is 287 g/mol. The Morgan fingerprint density at radius 1 is 1.25 bits per heavy atom. The molecule has 1 unspecified atom stereocenters. The Morgan fingerprint density at radius 3 is 2.40 bits per heavy atom. The third-order valence-electron chi connectivity index (χ3n) is 3.30. The van der Waals surface area contributed by atoms with Gasteiger partial charge in [-0.05, 0) is 40.3 Å². The standard InChI is InChI=1S/C14H29N3O3/c1-5-6-8-12(13(18)19)16-14(20)15-9-7-10-17(4)11(2)3/h11-12H,5-10H2,1-4H3,(H,18,19)(H2,15,16,20). The molecule has 118 valence electrons. The molecular formula is C14H29N3O3. The van der Waals surface area contributed by atoms with Gasteiger partial charge in [0, 0.05) is 12.6 Å². The first kappa shape index (κ1) is 18.7. The van der Waals surface area contributed by atoms with Crippen molar-refractivity contribution in [2.45, 2.75) is 58.5 Å². The van der Waals surface area contributed by atoms with Crippen molar-refractivity contribution in [1.29, 1.82) is 0 Å². The fraction of sp³-hybridized carbons (Fsp3) is 0.857. The van der Waals surface area contributed by atoms with E-state index < -0.39 is 18.0 Å². The van der Waals surface area contributed by atoms with Crippen molar-refractivity contribution in [2.75, 3.05) is 20.1 Å². The Morgan fingerprint density at radius 2 is 1.90 bits per heavy atom. The summed E-state index contributed by atoms with van der Waals surface area (Å²) >= 11 is 0. The van der Waals surface area contributed by atoms with Crippen LogP contribution >= 0.6 is 0 Å². The number of urea groups is 1. The van der Waals surface area contributed by atoms with Gasteiger partial charge in [-0.2, -0.15) is 0 Å². The van der Waals surface area contributed by atoms with Gasteiger partial charge in [0.25, 0.3) is 0 Å². The van der Waals surface area contributed by atoms with E-state index in [0.29, 0.717) is 19.0 Å². The molecule has 0 rings (SSSR count). The van der Waals surface area contributed by atoms with E-state index in [4.69, 9.17) is 5.11 Å². The second-order valence-corrected chi connectivity index (χ2v) is 5.36. The van der Waals surface area contributed by atoms with Crippen molar-refractivity contribution in [3.8, 4) is 0 Å². The van der Waals surface area contributed by atoms with E-state index in [0.717, 1.165) is 25.8 Å². The van der Waals surface area contributed by atoms with Crippen molar-refractivity contribution in [1.82, 2.24) is 15.5 Å². The summed E-state index contributed by atoms with van der Waals surface area (Å²) in [5, 5.41) is 14.2. The minimum atomic E-state index is -0.979. The first-order chi connectivity index (χ1) is 9.38. The van der Waals surface area contributed by atoms with Crippen LogP contribution in [-0.2, 0) is 4.79 Å². The number of rotatable bonds is 10. The van der Waals surface area contributed by atoms with Crippen LogP contribution in [0.4, 0.5) is 4.79 Å². The highest BCUT2D eigenvalue weighted by atomic mass is 16.4. The molecule has 6 nitrogen and oxygen atoms in total. The third-order valence-corrected chi connectivity index (χ3v) is 3.30. The number of carboxylic acid groups (broad SMARTS) is 1. The van der Waals surface area contributed by atoms with Crippen LogP contribution in [-0.4, -0.2) is 54.2 Å². The molecule has 6 heteroatoms. The summed E-state index contributed by atoms with van der Waals surface area (Å²) < 4.78 is 0. The zero-order chi connectivity index (χ0) is 15.5. The molecule has 0 heterocycles. The summed E-state index contributed by atoms with van der Waals surface area (Å²) in [5.74, 6) is -0.979. The lowest BCUT2D eigenvalue weighted by molar-refractivity contribution is -0.139. The SMILES string of the molecule is CCCCC(NC(=O)NCCCN(C)C(C)C)C(=O)O. The fourth-order valence-corrected chi connectivity index (χ4v) is 1.66. The Bertz CT molecular complexity index is 295. The maximum absolute atomic E-state index is 11.6. The molecule has 0 aromatic carbocycles. The van der Waals surface area contributed by atoms with E-state index in [1.165, 1.54) is 0 Å². The molecule has 0 bridgehead atoms. The predicted molar refractivity (Wildman–Crippen MR) is 79.9 cm³/mol. The van der Waals surface area contributed by atoms with E-state index in [2.05, 4.69) is 29.4 Å². The van der Waals surface area contributed by atoms with Crippen LogP contribution in [0.5, 0.6) is 0 Å². The van der Waals surface area contributed by atoms with Gasteiger partial charge in [-0.1, -0.05) is 19.8 Å². The highest BCUT2D eigenvalue weighted by Crippen LogP contribution is 2.00. The van der Waals surface area contributed by atoms with E-state index in [1.54, 1.807) is 0 Å². The first-order valence-corrected chi connectivity index (χ1v) is 7.35. The number of amides is 2. The van der Waals surface area contributed by atoms with Gasteiger partial charge in [-0.15, -0.1) is 0 Å². The van der Waals surface area contributed by atoms with Crippen LogP contribution in [0.3, 0.4) is 0 Å². The lowest BCUT2D eigenvalue weighted by atomic mass is 10.1. The highest BCUT2D eigenvalue weighted by Gasteiger charge is 2.18. The van der Waals surface area contributed by atoms with Crippen molar-refractivity contribution in [2.24, 2.45) is 0 Å². The molecule has 1 atom stereocenters. The maximum Gasteiger partial charge on any atom is 0.326 e. The molecule has 0 saturated carbocycles. The number of carbonyl (C=O) groups excluding carboxylic acids is 1. The van der Waals surface area contributed by atoms with Crippen molar-refractivity contribution >= 4 is 12.0 Å². The Hall–Kier alpha value is -1.30. The summed E-state index contributed by atoms with van der Waals surface area (Å²) in [5.41, 5.74) is 0. The normalized spacial score (nSPS) is 12.5. The number of carbonyl (C=O) groups is 2. The quantitative estimate of drug-likeness (QED) is 0.534. The smallest absolute Gasteiger partial charge is 0.326 e. The Kier molecular flexibility index (Phi) is 9.80. The van der Waals surface area contributed by atoms with Crippen molar-refractivity contribution in [3.05, 3.63) is 0 Å². The van der Waals surface area contributed by atoms with E-state index in [1.807, 2.05) is 14.0 Å². The van der Waals surface area contributed by atoms with Gasteiger partial charge in [0.2, 0.25) is 0 Å². The van der Waals surface area contributed by atoms with Crippen LogP contribution in [0.15, 0.2) is 0 Å². The van der Waals surface area contributed by atoms with Crippen LogP contribution in [0, 0.1) is 0 Å². The van der Waals surface area contributed by atoms with Gasteiger partial charge in [-0.25, -0.2) is 9.59 Å². The van der Waals surface area contributed by atoms with Crippen LogP contribution in [0.2, 0.25) is 0 Å². The predicted octanol–water partition coefficient (Wildman–Crippen LogP) is 1.66. The third kappa shape index (κ3) is 8.74. The van der Waals surface area contributed by atoms with Crippen LogP contribution < -0.4 is 10.6 Å². The minimum absolute atomic E-state index is 0.402. The number of nitrogens with zero attached hydrogens (tertiary/aromatic N) is 1. The molecule has 0 aromatic rings. The Labute approximate surface area is 121 Å². The van der Waals surface area contributed by atoms with Crippen molar-refractivity contribution in [3.63, 3.8) is 0 Å². The van der Waals surface area contributed by atoms with E-state index in [9.17, 15) is 9.59 Å². The molecule has 0 saturated heterocycles. The number of hydrogen-bond donors (Lipinski definition) is 3. The molecule has 0 spiro atoms. The lowest BCUT2D eigenvalue weighted by Crippen LogP contribution is -2.46. The summed E-state index contributed by atoms with van der Waals surface area (Å²) in [6, 6.07) is -0.719. The number of unbranched alkanes of at least 4 members (excludes halogenated alkanes) is 1. The second-order valence-electron chi connectivity index (χ2n) is 5.36. The van der Waals surface area contributed by atoms with Crippen LogP contribution in [0.1, 0.15) is 46.5 Å². The molecule has 0 fully saturated rings. The molecule has 0 aliphatic carbocycles. The van der Waals surface area contributed by atoms with Crippen LogP contribution in [0.25, 0.3) is 0 Å². The number of carboxylic acids is 1. The van der Waals surface area contributed by atoms with Gasteiger partial charge in [0.15, 0.2) is 0 Å². The van der Waals surface area contributed by atoms with Crippen molar-refractivity contribution < 1.29 is 14.7 Å². The summed E-state index contributed by atoms with van der Waals surface area (Å²) in [4.78, 5) is 24.8. The maximum atomic E-state index is 11.6. The average Bonchev–Trinajstić information content (AvgIpc) is 2.38.